The van der Waals surface area contributed by atoms with Gasteiger partial charge < -0.3 is 5.32 Å². The minimum absolute atomic E-state index is 0.0846. The van der Waals surface area contributed by atoms with E-state index >= 15 is 0 Å². The van der Waals surface area contributed by atoms with Crippen LogP contribution in [0.4, 0.5) is 14.5 Å². The average molecular weight is 358 g/mol. The number of nitrogens with zero attached hydrogens (tertiary/aromatic N) is 1. The summed E-state index contributed by atoms with van der Waals surface area (Å²) in [6.45, 7) is 2.29. The van der Waals surface area contributed by atoms with Gasteiger partial charge in [-0.2, -0.15) is 0 Å². The molecular weight excluding hydrogens is 342 g/mol. The molecule has 0 unspecified atom stereocenters. The van der Waals surface area contributed by atoms with Crippen LogP contribution in [0.2, 0.25) is 0 Å². The highest BCUT2D eigenvalue weighted by Gasteiger charge is 2.35. The number of hydrogen-bond acceptors (Lipinski definition) is 3. The summed E-state index contributed by atoms with van der Waals surface area (Å²) >= 11 is 0. The third-order valence-corrected chi connectivity index (χ3v) is 4.15. The molecule has 2 aromatic carbocycles. The van der Waals surface area contributed by atoms with Crippen LogP contribution in [0.1, 0.15) is 50.8 Å². The Bertz CT molecular complexity index is 912. The number of hydrogen-bond donors (Lipinski definition) is 1. The van der Waals surface area contributed by atoms with Crippen molar-refractivity contribution in [3.05, 3.63) is 64.7 Å². The number of benzene rings is 2. The Balaban J connectivity index is 1.82. The number of carbonyl (C=O) groups is 3. The van der Waals surface area contributed by atoms with Crippen molar-refractivity contribution in [3.8, 4) is 0 Å². The lowest BCUT2D eigenvalue weighted by Gasteiger charge is -2.12. The van der Waals surface area contributed by atoms with Crippen LogP contribution in [0.3, 0.4) is 0 Å². The van der Waals surface area contributed by atoms with Gasteiger partial charge in [0.25, 0.3) is 17.7 Å². The van der Waals surface area contributed by atoms with E-state index in [1.165, 1.54) is 29.2 Å². The number of amides is 3. The lowest BCUT2D eigenvalue weighted by Crippen LogP contribution is -2.30. The molecule has 0 aromatic heterocycles. The molecule has 5 nitrogen and oxygen atoms in total. The molecule has 1 heterocycles. The minimum Gasteiger partial charge on any atom is -0.322 e. The van der Waals surface area contributed by atoms with Crippen molar-refractivity contribution in [2.24, 2.45) is 0 Å². The first-order chi connectivity index (χ1) is 12.4. The number of carbonyl (C=O) groups excluding carboxylic acids is 3. The van der Waals surface area contributed by atoms with E-state index in [-0.39, 0.29) is 28.3 Å². The average Bonchev–Trinajstić information content (AvgIpc) is 2.86. The summed E-state index contributed by atoms with van der Waals surface area (Å²) in [5, 5.41) is 2.43. The Morgan fingerprint density at radius 1 is 1.00 bits per heavy atom. The number of anilines is 1. The van der Waals surface area contributed by atoms with Crippen LogP contribution in [-0.4, -0.2) is 29.2 Å². The van der Waals surface area contributed by atoms with Crippen LogP contribution in [0, 0.1) is 11.6 Å². The number of unbranched alkanes of at least 4 members (excludes halogenated alkanes) is 1. The van der Waals surface area contributed by atoms with Gasteiger partial charge in [0.15, 0.2) is 11.6 Å². The van der Waals surface area contributed by atoms with Gasteiger partial charge in [0.1, 0.15) is 0 Å². The molecule has 0 atom stereocenters. The van der Waals surface area contributed by atoms with Gasteiger partial charge in [0.2, 0.25) is 0 Å². The molecule has 0 saturated carbocycles. The molecule has 1 aliphatic heterocycles. The Morgan fingerprint density at radius 3 is 2.42 bits per heavy atom. The van der Waals surface area contributed by atoms with Gasteiger partial charge in [-0.05, 0) is 36.8 Å². The van der Waals surface area contributed by atoms with E-state index in [4.69, 9.17) is 0 Å². The van der Waals surface area contributed by atoms with Crippen molar-refractivity contribution >= 4 is 23.4 Å². The molecule has 3 amide bonds. The minimum atomic E-state index is -1.08. The zero-order valence-electron chi connectivity index (χ0n) is 14.0. The molecule has 1 aliphatic rings. The van der Waals surface area contributed by atoms with E-state index in [0.29, 0.717) is 13.0 Å². The molecule has 0 bridgehead atoms. The van der Waals surface area contributed by atoms with Crippen molar-refractivity contribution in [1.82, 2.24) is 4.90 Å². The summed E-state index contributed by atoms with van der Waals surface area (Å²) in [7, 11) is 0. The molecule has 0 radical (unpaired) electrons. The first-order valence-electron chi connectivity index (χ1n) is 8.19. The Kier molecular flexibility index (Phi) is 4.79. The third-order valence-electron chi connectivity index (χ3n) is 4.15. The fraction of sp³-hybridized carbons (Fsp3) is 0.211. The number of nitrogens with one attached hydrogen (secondary N) is 1. The quantitative estimate of drug-likeness (QED) is 0.831. The Labute approximate surface area is 148 Å². The van der Waals surface area contributed by atoms with Crippen LogP contribution in [0.25, 0.3) is 0 Å². The van der Waals surface area contributed by atoms with Crippen molar-refractivity contribution < 1.29 is 23.2 Å². The van der Waals surface area contributed by atoms with Gasteiger partial charge >= 0.3 is 0 Å². The van der Waals surface area contributed by atoms with Gasteiger partial charge in [-0.15, -0.1) is 0 Å². The van der Waals surface area contributed by atoms with E-state index in [2.05, 4.69) is 5.32 Å². The van der Waals surface area contributed by atoms with Gasteiger partial charge in [0.05, 0.1) is 11.1 Å². The number of rotatable bonds is 5. The standard InChI is InChI=1S/C19H16F2N2O3/c1-2-3-8-23-18(25)13-6-4-11(9-14(13)19(23)26)17(24)22-12-5-7-15(20)16(21)10-12/h4-7,9-10H,2-3,8H2,1H3,(H,22,24). The van der Waals surface area contributed by atoms with Crippen molar-refractivity contribution in [2.75, 3.05) is 11.9 Å². The van der Waals surface area contributed by atoms with Crippen LogP contribution in [0.5, 0.6) is 0 Å². The number of halogens is 2. The second-order valence-corrected chi connectivity index (χ2v) is 5.96. The topological polar surface area (TPSA) is 66.5 Å². The van der Waals surface area contributed by atoms with Crippen LogP contribution < -0.4 is 5.32 Å². The lowest BCUT2D eigenvalue weighted by atomic mass is 10.1. The molecule has 0 fully saturated rings. The first-order valence-corrected chi connectivity index (χ1v) is 8.19. The van der Waals surface area contributed by atoms with Crippen LogP contribution in [-0.2, 0) is 0 Å². The van der Waals surface area contributed by atoms with Crippen LogP contribution >= 0.6 is 0 Å². The molecule has 1 N–H and O–H groups in total. The molecule has 134 valence electrons. The van der Waals surface area contributed by atoms with Gasteiger partial charge in [0, 0.05) is 23.9 Å². The highest BCUT2D eigenvalue weighted by atomic mass is 19.2. The zero-order valence-corrected chi connectivity index (χ0v) is 14.0. The van der Waals surface area contributed by atoms with Gasteiger partial charge in [-0.1, -0.05) is 13.3 Å². The second kappa shape index (κ2) is 7.03. The highest BCUT2D eigenvalue weighted by Crippen LogP contribution is 2.25. The van der Waals surface area contributed by atoms with Crippen molar-refractivity contribution in [1.29, 1.82) is 0 Å². The summed E-state index contributed by atoms with van der Waals surface area (Å²) in [4.78, 5) is 38.2. The smallest absolute Gasteiger partial charge is 0.261 e. The second-order valence-electron chi connectivity index (χ2n) is 5.96. The van der Waals surface area contributed by atoms with Crippen LogP contribution in [0.15, 0.2) is 36.4 Å². The first kappa shape index (κ1) is 17.7. The Morgan fingerprint density at radius 2 is 1.73 bits per heavy atom. The molecule has 3 rings (SSSR count). The molecule has 2 aromatic rings. The van der Waals surface area contributed by atoms with Crippen molar-refractivity contribution in [3.63, 3.8) is 0 Å². The fourth-order valence-electron chi connectivity index (χ4n) is 2.73. The summed E-state index contributed by atoms with van der Waals surface area (Å²) in [5.74, 6) is -3.49. The van der Waals surface area contributed by atoms with E-state index in [1.807, 2.05) is 6.92 Å². The monoisotopic (exact) mass is 358 g/mol. The summed E-state index contributed by atoms with van der Waals surface area (Å²) < 4.78 is 26.2. The third kappa shape index (κ3) is 3.20. The lowest BCUT2D eigenvalue weighted by molar-refractivity contribution is 0.0652. The molecular formula is C19H16F2N2O3. The summed E-state index contributed by atoms with van der Waals surface area (Å²) in [6, 6.07) is 7.19. The van der Waals surface area contributed by atoms with E-state index in [1.54, 1.807) is 0 Å². The molecule has 0 aliphatic carbocycles. The SMILES string of the molecule is CCCCN1C(=O)c2ccc(C(=O)Nc3ccc(F)c(F)c3)cc2C1=O. The Hall–Kier alpha value is -3.09. The molecule has 7 heteroatoms. The predicted octanol–water partition coefficient (Wildman–Crippen LogP) is 3.61. The zero-order chi connectivity index (χ0) is 18.8. The summed E-state index contributed by atoms with van der Waals surface area (Å²) in [5.41, 5.74) is 0.660. The number of imide groups is 1. The predicted molar refractivity (Wildman–Crippen MR) is 91.0 cm³/mol. The maximum atomic E-state index is 13.2. The fourth-order valence-corrected chi connectivity index (χ4v) is 2.73. The molecule has 0 spiro atoms. The van der Waals surface area contributed by atoms with Crippen molar-refractivity contribution in [2.45, 2.75) is 19.8 Å². The van der Waals surface area contributed by atoms with Gasteiger partial charge in [-0.3, -0.25) is 19.3 Å². The van der Waals surface area contributed by atoms with E-state index < -0.39 is 23.4 Å². The molecule has 0 saturated heterocycles. The van der Waals surface area contributed by atoms with Gasteiger partial charge in [-0.25, -0.2) is 8.78 Å². The molecule has 26 heavy (non-hydrogen) atoms. The largest absolute Gasteiger partial charge is 0.322 e. The van der Waals surface area contributed by atoms with E-state index in [0.717, 1.165) is 18.6 Å². The summed E-state index contributed by atoms with van der Waals surface area (Å²) in [6.07, 6.45) is 1.55. The maximum absolute atomic E-state index is 13.2. The highest BCUT2D eigenvalue weighted by molar-refractivity contribution is 6.22. The normalized spacial score (nSPS) is 13.1. The number of fused-ring (bicyclic) bond motifs is 1. The van der Waals surface area contributed by atoms with E-state index in [9.17, 15) is 23.2 Å². The maximum Gasteiger partial charge on any atom is 0.261 e.